The third kappa shape index (κ3) is 6.41. The van der Waals surface area contributed by atoms with Crippen LogP contribution in [0.15, 0.2) is 231 Å². The summed E-state index contributed by atoms with van der Waals surface area (Å²) in [5, 5.41) is 21.5. The molecule has 13 rings (SSSR count). The number of hydrogen-bond donors (Lipinski definition) is 0. The fourth-order valence-electron chi connectivity index (χ4n) is 12.2. The molecule has 0 saturated heterocycles. The molecule has 1 heteroatoms. The van der Waals surface area contributed by atoms with Crippen molar-refractivity contribution in [1.29, 1.82) is 0 Å². The monoisotopic (exact) mass is 896 g/mol. The summed E-state index contributed by atoms with van der Waals surface area (Å²) in [6.45, 7) is 9.25. The Kier molecular flexibility index (Phi) is 9.68. The maximum absolute atomic E-state index is 2.70. The first-order valence-electron chi connectivity index (χ1n) is 24.7. The Balaban J connectivity index is 1.06. The molecule has 0 unspecified atom stereocenters. The maximum atomic E-state index is 2.47. The van der Waals surface area contributed by atoms with Gasteiger partial charge in [-0.05, 0) is 160 Å². The normalized spacial score (nSPS) is 12.3. The van der Waals surface area contributed by atoms with E-state index in [0.29, 0.717) is 11.8 Å². The van der Waals surface area contributed by atoms with E-state index in [1.165, 1.54) is 130 Å². The molecular formula is C68H52Si. The van der Waals surface area contributed by atoms with Crippen molar-refractivity contribution in [3.05, 3.63) is 242 Å². The fraction of sp³-hybridized carbons (Fsp3) is 0.0882. The summed E-state index contributed by atoms with van der Waals surface area (Å²) in [5.41, 5.74) is 10.2. The van der Waals surface area contributed by atoms with Crippen molar-refractivity contribution in [3.63, 3.8) is 0 Å². The van der Waals surface area contributed by atoms with Gasteiger partial charge in [0.15, 0.2) is 8.07 Å². The highest BCUT2D eigenvalue weighted by Gasteiger charge is 2.41. The first-order valence-corrected chi connectivity index (χ1v) is 26.7. The molecule has 0 aliphatic heterocycles. The fourth-order valence-corrected chi connectivity index (χ4v) is 17.0. The molecule has 0 aliphatic rings. The summed E-state index contributed by atoms with van der Waals surface area (Å²) in [7, 11) is -2.70. The van der Waals surface area contributed by atoms with Crippen LogP contribution in [-0.4, -0.2) is 8.07 Å². The van der Waals surface area contributed by atoms with E-state index in [9.17, 15) is 0 Å². The second kappa shape index (κ2) is 16.2. The van der Waals surface area contributed by atoms with Gasteiger partial charge in [-0.25, -0.2) is 0 Å². The van der Waals surface area contributed by atoms with Gasteiger partial charge in [-0.15, -0.1) is 0 Å². The minimum atomic E-state index is -2.70. The molecule has 0 radical (unpaired) electrons. The number of rotatable bonds is 9. The molecular weight excluding hydrogens is 845 g/mol. The van der Waals surface area contributed by atoms with Crippen molar-refractivity contribution < 1.29 is 0 Å². The van der Waals surface area contributed by atoms with E-state index in [1.54, 1.807) is 0 Å². The molecule has 13 aromatic carbocycles. The number of hydrogen-bond acceptors (Lipinski definition) is 0. The van der Waals surface area contributed by atoms with Gasteiger partial charge in [0.1, 0.15) is 0 Å². The molecule has 0 fully saturated rings. The van der Waals surface area contributed by atoms with Crippen molar-refractivity contribution >= 4 is 93.5 Å². The van der Waals surface area contributed by atoms with Gasteiger partial charge in [-0.3, -0.25) is 0 Å². The maximum Gasteiger partial charge on any atom is 0.179 e. The predicted octanol–water partition coefficient (Wildman–Crippen LogP) is 16.1. The zero-order valence-electron chi connectivity index (χ0n) is 39.6. The van der Waals surface area contributed by atoms with Gasteiger partial charge in [0.2, 0.25) is 0 Å². The van der Waals surface area contributed by atoms with E-state index in [2.05, 4.69) is 258 Å². The second-order valence-corrected chi connectivity index (χ2v) is 23.7. The highest BCUT2D eigenvalue weighted by atomic mass is 28.3. The van der Waals surface area contributed by atoms with E-state index < -0.39 is 8.07 Å². The quantitative estimate of drug-likeness (QED) is 0.0769. The van der Waals surface area contributed by atoms with E-state index in [4.69, 9.17) is 0 Å². The molecule has 0 atom stereocenters. The molecule has 0 nitrogen and oxygen atoms in total. The van der Waals surface area contributed by atoms with E-state index >= 15 is 0 Å². The Hall–Kier alpha value is -7.84. The molecule has 0 aromatic heterocycles. The first kappa shape index (κ1) is 41.4. The molecule has 13 aromatic rings. The topological polar surface area (TPSA) is 0 Å². The molecule has 0 heterocycles. The molecule has 0 bridgehead atoms. The lowest BCUT2D eigenvalue weighted by molar-refractivity contribution is 0.877. The van der Waals surface area contributed by atoms with Gasteiger partial charge >= 0.3 is 0 Å². The third-order valence-electron chi connectivity index (χ3n) is 15.5. The lowest BCUT2D eigenvalue weighted by atomic mass is 9.84. The lowest BCUT2D eigenvalue weighted by Crippen LogP contribution is -2.74. The van der Waals surface area contributed by atoms with Crippen LogP contribution in [0.3, 0.4) is 0 Å². The molecule has 328 valence electrons. The molecule has 69 heavy (non-hydrogen) atoms. The smallest absolute Gasteiger partial charge is 0.0623 e. The third-order valence-corrected chi connectivity index (χ3v) is 20.3. The zero-order valence-corrected chi connectivity index (χ0v) is 40.6. The van der Waals surface area contributed by atoms with Crippen LogP contribution in [0.25, 0.3) is 98.0 Å². The van der Waals surface area contributed by atoms with Crippen LogP contribution in [0.5, 0.6) is 0 Å². The Morgan fingerprint density at radius 2 is 0.580 bits per heavy atom. The highest BCUT2D eigenvalue weighted by Crippen LogP contribution is 2.45. The van der Waals surface area contributed by atoms with Crippen LogP contribution in [0.4, 0.5) is 0 Å². The zero-order chi connectivity index (χ0) is 46.4. The molecule has 0 aliphatic carbocycles. The van der Waals surface area contributed by atoms with E-state index in [-0.39, 0.29) is 0 Å². The first-order chi connectivity index (χ1) is 33.9. The standard InChI is InChI=1S/C68H52Si/c1-43(2)57-32-22-46-28-38-63-59(34-24-48-26-36-61(57)65(46)67(48)63)51-40-50(41-52(42-51)60-35-25-49-27-37-62-58(44(3)4)33-23-47-29-39-64(60)68(49)66(47)62)45-20-30-56(31-21-45)69(53-14-8-5-9-15-53,54-16-10-6-11-17-54)55-18-12-7-13-19-55/h5-44H,1-4H3. The lowest BCUT2D eigenvalue weighted by Gasteiger charge is -2.34. The van der Waals surface area contributed by atoms with Crippen LogP contribution in [-0.2, 0) is 0 Å². The van der Waals surface area contributed by atoms with E-state index in [0.717, 1.165) is 0 Å². The van der Waals surface area contributed by atoms with Crippen LogP contribution in [0.2, 0.25) is 0 Å². The van der Waals surface area contributed by atoms with Gasteiger partial charge in [0.25, 0.3) is 0 Å². The Bertz CT molecular complexity index is 3760. The van der Waals surface area contributed by atoms with Crippen LogP contribution in [0, 0.1) is 0 Å². The largest absolute Gasteiger partial charge is 0.179 e. The summed E-state index contributed by atoms with van der Waals surface area (Å²) >= 11 is 0. The van der Waals surface area contributed by atoms with Crippen LogP contribution < -0.4 is 20.7 Å². The van der Waals surface area contributed by atoms with Crippen molar-refractivity contribution in [2.75, 3.05) is 0 Å². The minimum absolute atomic E-state index is 0.433. The van der Waals surface area contributed by atoms with Crippen molar-refractivity contribution in [2.24, 2.45) is 0 Å². The Morgan fingerprint density at radius 3 is 0.971 bits per heavy atom. The van der Waals surface area contributed by atoms with Crippen molar-refractivity contribution in [2.45, 2.75) is 39.5 Å². The summed E-state index contributed by atoms with van der Waals surface area (Å²) in [5.74, 6) is 0.866. The summed E-state index contributed by atoms with van der Waals surface area (Å²) < 4.78 is 0. The number of benzene rings is 13. The van der Waals surface area contributed by atoms with Gasteiger partial charge in [-0.2, -0.15) is 0 Å². The van der Waals surface area contributed by atoms with Gasteiger partial charge in [-0.1, -0.05) is 240 Å². The summed E-state index contributed by atoms with van der Waals surface area (Å²) in [4.78, 5) is 0. The van der Waals surface area contributed by atoms with Gasteiger partial charge in [0, 0.05) is 0 Å². The van der Waals surface area contributed by atoms with Crippen LogP contribution >= 0.6 is 0 Å². The average Bonchev–Trinajstić information content (AvgIpc) is 3.40. The molecule has 0 N–H and O–H groups in total. The highest BCUT2D eigenvalue weighted by molar-refractivity contribution is 7.19. The van der Waals surface area contributed by atoms with Gasteiger partial charge < -0.3 is 0 Å². The Labute approximate surface area is 405 Å². The molecule has 0 amide bonds. The minimum Gasteiger partial charge on any atom is -0.0623 e. The summed E-state index contributed by atoms with van der Waals surface area (Å²) in [6, 6.07) is 88.3. The SMILES string of the molecule is CC(C)c1ccc2ccc3c(-c4cc(-c5ccc([Si](c6ccccc6)(c6ccccc6)c6ccccc6)cc5)cc(-c5ccc6ccc7c(C(C)C)ccc8ccc5c6c87)c4)ccc4ccc1c2c43. The van der Waals surface area contributed by atoms with Crippen molar-refractivity contribution in [1.82, 2.24) is 0 Å². The molecule has 0 saturated carbocycles. The van der Waals surface area contributed by atoms with Crippen LogP contribution in [0.1, 0.15) is 50.7 Å². The van der Waals surface area contributed by atoms with Gasteiger partial charge in [0.05, 0.1) is 0 Å². The Morgan fingerprint density at radius 1 is 0.261 bits per heavy atom. The summed E-state index contributed by atoms with van der Waals surface area (Å²) in [6.07, 6.45) is 0. The molecule has 0 spiro atoms. The predicted molar refractivity (Wildman–Crippen MR) is 302 cm³/mol. The second-order valence-electron chi connectivity index (χ2n) is 19.9. The van der Waals surface area contributed by atoms with E-state index in [1.807, 2.05) is 0 Å². The van der Waals surface area contributed by atoms with Crippen molar-refractivity contribution in [3.8, 4) is 33.4 Å². The average molecular weight is 897 g/mol.